The van der Waals surface area contributed by atoms with E-state index in [1.807, 2.05) is 0 Å². The van der Waals surface area contributed by atoms with E-state index in [2.05, 4.69) is 15.3 Å². The highest BCUT2D eigenvalue weighted by Crippen LogP contribution is 2.45. The number of aliphatic imine (C=N–C) groups is 2. The Balaban J connectivity index is 1.62. The van der Waals surface area contributed by atoms with Gasteiger partial charge in [-0.1, -0.05) is 0 Å². The summed E-state index contributed by atoms with van der Waals surface area (Å²) >= 11 is 0. The zero-order chi connectivity index (χ0) is 22.8. The van der Waals surface area contributed by atoms with Gasteiger partial charge >= 0.3 is 12.1 Å². The van der Waals surface area contributed by atoms with Gasteiger partial charge in [0, 0.05) is 0 Å². The summed E-state index contributed by atoms with van der Waals surface area (Å²) in [6.45, 7) is -0.856. The number of alkyl halides is 3. The fourth-order valence-corrected chi connectivity index (χ4v) is 4.16. The summed E-state index contributed by atoms with van der Waals surface area (Å²) in [5.41, 5.74) is 8.60. The molecule has 1 saturated heterocycles. The number of nitrogens with one attached hydrogen (secondary N) is 1. The molecule has 11 nitrogen and oxygen atoms in total. The molecule has 4 rings (SSSR count). The predicted octanol–water partition coefficient (Wildman–Crippen LogP) is -2.10. The minimum Gasteiger partial charge on any atom is -0.451 e. The lowest BCUT2D eigenvalue weighted by Crippen LogP contribution is -2.77. The molecule has 0 amide bonds. The van der Waals surface area contributed by atoms with Crippen LogP contribution in [0.2, 0.25) is 0 Å². The minimum absolute atomic E-state index is 0.166. The van der Waals surface area contributed by atoms with Crippen molar-refractivity contribution in [3.05, 3.63) is 35.4 Å². The van der Waals surface area contributed by atoms with Gasteiger partial charge in [0.05, 0.1) is 24.3 Å². The van der Waals surface area contributed by atoms with Crippen LogP contribution in [0.5, 0.6) is 0 Å². The first-order valence-corrected chi connectivity index (χ1v) is 9.08. The summed E-state index contributed by atoms with van der Waals surface area (Å²) in [6.07, 6.45) is -6.19. The maximum absolute atomic E-state index is 12.7. The molecule has 1 aromatic carbocycles. The number of hydrogen-bond acceptors (Lipinski definition) is 11. The van der Waals surface area contributed by atoms with Gasteiger partial charge in [0.2, 0.25) is 5.79 Å². The van der Waals surface area contributed by atoms with Gasteiger partial charge in [-0.05, 0) is 24.3 Å². The molecule has 1 fully saturated rings. The first-order chi connectivity index (χ1) is 14.4. The van der Waals surface area contributed by atoms with Crippen molar-refractivity contribution in [3.8, 4) is 0 Å². The maximum atomic E-state index is 12.7. The van der Waals surface area contributed by atoms with Crippen LogP contribution in [0.25, 0.3) is 0 Å². The monoisotopic (exact) mass is 444 g/mol. The summed E-state index contributed by atoms with van der Waals surface area (Å²) in [4.78, 5) is 21.9. The van der Waals surface area contributed by atoms with Gasteiger partial charge in [0.1, 0.15) is 12.1 Å². The van der Waals surface area contributed by atoms with Crippen LogP contribution < -0.4 is 16.8 Å². The molecule has 168 valence electrons. The summed E-state index contributed by atoms with van der Waals surface area (Å²) < 4.78 is 43.4. The van der Waals surface area contributed by atoms with Crippen LogP contribution in [0.3, 0.4) is 0 Å². The highest BCUT2D eigenvalue weighted by molar-refractivity contribution is 5.90. The topological polar surface area (TPSA) is 179 Å². The predicted molar refractivity (Wildman–Crippen MR) is 98.3 cm³/mol. The van der Waals surface area contributed by atoms with E-state index in [0.29, 0.717) is 12.1 Å². The Morgan fingerprint density at radius 1 is 1.26 bits per heavy atom. The molecule has 31 heavy (non-hydrogen) atoms. The third kappa shape index (κ3) is 2.97. The van der Waals surface area contributed by atoms with Crippen molar-refractivity contribution in [2.45, 2.75) is 35.8 Å². The fourth-order valence-electron chi connectivity index (χ4n) is 4.16. The molecule has 1 spiro atoms. The number of aliphatic hydroxyl groups excluding tert-OH is 1. The second-order valence-electron chi connectivity index (χ2n) is 7.39. The number of carbonyl (C=O) groups excluding carboxylic acids is 1. The highest BCUT2D eigenvalue weighted by atomic mass is 19.4. The minimum atomic E-state index is -4.58. The zero-order valence-electron chi connectivity index (χ0n) is 15.7. The van der Waals surface area contributed by atoms with E-state index < -0.39 is 54.0 Å². The van der Waals surface area contributed by atoms with Crippen molar-refractivity contribution in [1.82, 2.24) is 10.2 Å². The summed E-state index contributed by atoms with van der Waals surface area (Å²) in [6, 6.07) is 1.22. The van der Waals surface area contributed by atoms with E-state index in [1.165, 1.54) is 4.90 Å². The van der Waals surface area contributed by atoms with Crippen molar-refractivity contribution < 1.29 is 38.0 Å². The number of rotatable bonds is 3. The number of carbonyl (C=O) groups is 1. The molecular formula is C17H19F3N6O5. The number of esters is 1. The van der Waals surface area contributed by atoms with Crippen LogP contribution in [0.4, 0.5) is 13.2 Å². The molecule has 1 unspecified atom stereocenters. The van der Waals surface area contributed by atoms with Gasteiger partial charge in [0.25, 0.3) is 0 Å². The first kappa shape index (κ1) is 21.1. The second-order valence-corrected chi connectivity index (χ2v) is 7.39. The van der Waals surface area contributed by atoms with Gasteiger partial charge in [-0.15, -0.1) is 0 Å². The van der Waals surface area contributed by atoms with Gasteiger partial charge in [-0.2, -0.15) is 13.2 Å². The molecule has 1 aromatic rings. The highest BCUT2D eigenvalue weighted by Gasteiger charge is 2.74. The molecule has 3 aliphatic rings. The smallest absolute Gasteiger partial charge is 0.416 e. The molecule has 3 heterocycles. The lowest BCUT2D eigenvalue weighted by atomic mass is 9.86. The number of hydrogen-bond donors (Lipinski definition) is 6. The molecule has 0 radical (unpaired) electrons. The Morgan fingerprint density at radius 3 is 2.48 bits per heavy atom. The molecular weight excluding hydrogens is 425 g/mol. The van der Waals surface area contributed by atoms with E-state index in [9.17, 15) is 33.3 Å². The van der Waals surface area contributed by atoms with E-state index in [1.54, 1.807) is 0 Å². The second kappa shape index (κ2) is 6.70. The Kier molecular flexibility index (Phi) is 4.57. The number of nitrogens with two attached hydrogens (primary N) is 2. The Morgan fingerprint density at radius 2 is 1.90 bits per heavy atom. The van der Waals surface area contributed by atoms with Gasteiger partial charge in [-0.25, -0.2) is 14.8 Å². The van der Waals surface area contributed by atoms with Crippen LogP contribution in [-0.2, 0) is 10.9 Å². The van der Waals surface area contributed by atoms with Crippen LogP contribution in [0.1, 0.15) is 15.9 Å². The number of aliphatic hydroxyl groups is 3. The summed E-state index contributed by atoms with van der Waals surface area (Å²) in [7, 11) is 0. The third-order valence-corrected chi connectivity index (χ3v) is 5.63. The molecule has 0 aromatic heterocycles. The van der Waals surface area contributed by atoms with Crippen molar-refractivity contribution in [2.24, 2.45) is 21.5 Å². The van der Waals surface area contributed by atoms with E-state index in [4.69, 9.17) is 16.2 Å². The molecule has 0 aliphatic carbocycles. The largest absolute Gasteiger partial charge is 0.451 e. The normalized spacial score (nSPS) is 31.3. The van der Waals surface area contributed by atoms with E-state index in [0.717, 1.165) is 12.1 Å². The summed E-state index contributed by atoms with van der Waals surface area (Å²) in [5, 5.41) is 34.3. The average Bonchev–Trinajstić information content (AvgIpc) is 3.16. The number of guanidine groups is 2. The molecule has 4 atom stereocenters. The van der Waals surface area contributed by atoms with Crippen molar-refractivity contribution in [2.75, 3.05) is 13.2 Å². The Labute approximate surface area is 172 Å². The van der Waals surface area contributed by atoms with Crippen molar-refractivity contribution in [1.29, 1.82) is 0 Å². The third-order valence-electron chi connectivity index (χ3n) is 5.63. The van der Waals surface area contributed by atoms with Crippen LogP contribution >= 0.6 is 0 Å². The number of halogens is 3. The van der Waals surface area contributed by atoms with E-state index >= 15 is 0 Å². The molecule has 0 bridgehead atoms. The molecule has 14 heteroatoms. The van der Waals surface area contributed by atoms with Gasteiger partial charge in [-0.3, -0.25) is 0 Å². The quantitative estimate of drug-likeness (QED) is 0.225. The molecule has 8 N–H and O–H groups in total. The number of benzene rings is 1. The van der Waals surface area contributed by atoms with Crippen molar-refractivity contribution in [3.63, 3.8) is 0 Å². The average molecular weight is 444 g/mol. The standard InChI is InChI=1S/C17H19F3N6O5/c18-17(19,20)8-3-1-7(2-4-8)12(28)31-10-5-26-14(22)23-9(6-27)11-15(26,16(10,29)30)25-13(21)24-11/h1-4,9-11,27,29-30H,5-6H2,(H2,22,23)(H3,21,24,25)/t9-,10-,11?,15-/m0/s1. The van der Waals surface area contributed by atoms with E-state index in [-0.39, 0.29) is 24.0 Å². The summed E-state index contributed by atoms with van der Waals surface area (Å²) in [5.74, 6) is -4.23. The van der Waals surface area contributed by atoms with Gasteiger partial charge < -0.3 is 41.7 Å². The SMILES string of the molecule is NC1=NC2[C@H](CO)N=C(N)N3C[C@H](OC(=O)c4ccc(C(F)(F)F)cc4)C(O)(O)[C@]23N1. The molecule has 3 aliphatic heterocycles. The number of nitrogens with zero attached hydrogens (tertiary/aromatic N) is 3. The number of ether oxygens (including phenoxy) is 1. The van der Waals surface area contributed by atoms with Crippen LogP contribution in [0.15, 0.2) is 34.3 Å². The molecule has 0 saturated carbocycles. The first-order valence-electron chi connectivity index (χ1n) is 9.08. The maximum Gasteiger partial charge on any atom is 0.416 e. The van der Waals surface area contributed by atoms with Gasteiger partial charge in [0.15, 0.2) is 23.7 Å². The Hall–Kier alpha value is -3.10. The Bertz CT molecular complexity index is 966. The van der Waals surface area contributed by atoms with Crippen LogP contribution in [0, 0.1) is 0 Å². The van der Waals surface area contributed by atoms with Crippen LogP contribution in [-0.4, -0.2) is 80.9 Å². The van der Waals surface area contributed by atoms with Crippen molar-refractivity contribution >= 4 is 17.9 Å². The zero-order valence-corrected chi connectivity index (χ0v) is 15.7. The lowest BCUT2D eigenvalue weighted by molar-refractivity contribution is -0.257. The fraction of sp³-hybridized carbons (Fsp3) is 0.471. The lowest BCUT2D eigenvalue weighted by Gasteiger charge is -2.48.